The van der Waals surface area contributed by atoms with E-state index in [1.54, 1.807) is 0 Å². The van der Waals surface area contributed by atoms with E-state index in [4.69, 9.17) is 4.74 Å². The van der Waals surface area contributed by atoms with E-state index >= 15 is 0 Å². The molecule has 0 aliphatic carbocycles. The number of benzene rings is 2. The lowest BCUT2D eigenvalue weighted by molar-refractivity contribution is 0.358. The van der Waals surface area contributed by atoms with Gasteiger partial charge in [0, 0.05) is 5.56 Å². The first-order valence-electron chi connectivity index (χ1n) is 6.17. The van der Waals surface area contributed by atoms with Crippen LogP contribution >= 0.6 is 0 Å². The Balaban J connectivity index is 0.000000149. The lowest BCUT2D eigenvalue weighted by atomic mass is 10.1. The van der Waals surface area contributed by atoms with Crippen LogP contribution < -0.4 is 4.74 Å². The highest BCUT2D eigenvalue weighted by Crippen LogP contribution is 2.24. The van der Waals surface area contributed by atoms with Crippen LogP contribution in [0.25, 0.3) is 6.08 Å². The Bertz CT molecular complexity index is 527. The molecule has 0 bridgehead atoms. The van der Waals surface area contributed by atoms with Crippen molar-refractivity contribution >= 4 is 6.08 Å². The third-order valence-electron chi connectivity index (χ3n) is 2.74. The molecule has 0 spiro atoms. The Kier molecular flexibility index (Phi) is 4.19. The summed E-state index contributed by atoms with van der Waals surface area (Å²) in [5.41, 5.74) is 3.75. The molecule has 0 amide bonds. The molecule has 0 saturated carbocycles. The molecule has 0 aromatic heterocycles. The summed E-state index contributed by atoms with van der Waals surface area (Å²) < 4.78 is 5.42. The third kappa shape index (κ3) is 3.49. The van der Waals surface area contributed by atoms with Gasteiger partial charge in [-0.15, -0.1) is 0 Å². The van der Waals surface area contributed by atoms with Gasteiger partial charge in [0.15, 0.2) is 0 Å². The van der Waals surface area contributed by atoms with Gasteiger partial charge >= 0.3 is 0 Å². The van der Waals surface area contributed by atoms with Crippen molar-refractivity contribution in [2.45, 2.75) is 13.8 Å². The molecular formula is C17H18O. The fourth-order valence-corrected chi connectivity index (χ4v) is 1.75. The molecule has 1 aliphatic rings. The first kappa shape index (κ1) is 12.4. The van der Waals surface area contributed by atoms with Gasteiger partial charge in [-0.1, -0.05) is 54.1 Å². The zero-order valence-electron chi connectivity index (χ0n) is 10.9. The lowest BCUT2D eigenvalue weighted by Gasteiger charge is -2.11. The summed E-state index contributed by atoms with van der Waals surface area (Å²) in [4.78, 5) is 0. The first-order valence-corrected chi connectivity index (χ1v) is 6.17. The highest BCUT2D eigenvalue weighted by atomic mass is 16.5. The van der Waals surface area contributed by atoms with Crippen LogP contribution in [-0.2, 0) is 0 Å². The van der Waals surface area contributed by atoms with Gasteiger partial charge < -0.3 is 4.74 Å². The summed E-state index contributed by atoms with van der Waals surface area (Å²) in [5.74, 6) is 1.01. The molecule has 1 nitrogen and oxygen atoms in total. The van der Waals surface area contributed by atoms with Crippen molar-refractivity contribution in [3.05, 3.63) is 71.3 Å². The first-order chi connectivity index (χ1) is 8.75. The van der Waals surface area contributed by atoms with E-state index in [1.807, 2.05) is 24.3 Å². The predicted molar refractivity (Wildman–Crippen MR) is 76.9 cm³/mol. The van der Waals surface area contributed by atoms with Crippen LogP contribution in [0.5, 0.6) is 5.75 Å². The average Bonchev–Trinajstić information content (AvgIpc) is 2.40. The van der Waals surface area contributed by atoms with Crippen molar-refractivity contribution in [1.29, 1.82) is 0 Å². The smallest absolute Gasteiger partial charge is 0.127 e. The van der Waals surface area contributed by atoms with Gasteiger partial charge in [-0.05, 0) is 31.6 Å². The number of hydrogen-bond donors (Lipinski definition) is 0. The van der Waals surface area contributed by atoms with Crippen molar-refractivity contribution in [3.63, 3.8) is 0 Å². The maximum absolute atomic E-state index is 5.42. The normalized spacial score (nSPS) is 11.9. The predicted octanol–water partition coefficient (Wildman–Crippen LogP) is 4.40. The van der Waals surface area contributed by atoms with Crippen molar-refractivity contribution < 1.29 is 4.74 Å². The van der Waals surface area contributed by atoms with Crippen molar-refractivity contribution in [3.8, 4) is 5.75 Å². The van der Waals surface area contributed by atoms with E-state index in [1.165, 1.54) is 16.7 Å². The molecule has 0 N–H and O–H groups in total. The topological polar surface area (TPSA) is 9.23 Å². The molecular weight excluding hydrogens is 220 g/mol. The summed E-state index contributed by atoms with van der Waals surface area (Å²) in [5, 5.41) is 0. The van der Waals surface area contributed by atoms with Gasteiger partial charge in [0.1, 0.15) is 12.4 Å². The van der Waals surface area contributed by atoms with Crippen LogP contribution in [0.15, 0.2) is 54.6 Å². The molecule has 0 saturated heterocycles. The Morgan fingerprint density at radius 2 is 1.67 bits per heavy atom. The van der Waals surface area contributed by atoms with Gasteiger partial charge in [-0.3, -0.25) is 0 Å². The van der Waals surface area contributed by atoms with E-state index in [0.717, 1.165) is 5.75 Å². The van der Waals surface area contributed by atoms with Crippen LogP contribution in [0.4, 0.5) is 0 Å². The zero-order chi connectivity index (χ0) is 12.8. The number of ether oxygens (including phenoxy) is 1. The van der Waals surface area contributed by atoms with Crippen molar-refractivity contribution in [2.75, 3.05) is 6.61 Å². The molecule has 0 radical (unpaired) electrons. The molecule has 0 atom stereocenters. The second kappa shape index (κ2) is 6.06. The second-order valence-electron chi connectivity index (χ2n) is 4.41. The molecule has 92 valence electrons. The van der Waals surface area contributed by atoms with Gasteiger partial charge in [0.25, 0.3) is 0 Å². The summed E-state index contributed by atoms with van der Waals surface area (Å²) in [6, 6.07) is 16.5. The lowest BCUT2D eigenvalue weighted by Crippen LogP contribution is -1.99. The summed E-state index contributed by atoms with van der Waals surface area (Å²) >= 11 is 0. The minimum absolute atomic E-state index is 0.705. The molecule has 1 aliphatic heterocycles. The van der Waals surface area contributed by atoms with Crippen LogP contribution in [0.2, 0.25) is 0 Å². The third-order valence-corrected chi connectivity index (χ3v) is 2.74. The highest BCUT2D eigenvalue weighted by molar-refractivity contribution is 5.59. The van der Waals surface area contributed by atoms with Crippen molar-refractivity contribution in [2.24, 2.45) is 0 Å². The summed E-state index contributed by atoms with van der Waals surface area (Å²) in [6.45, 7) is 4.86. The van der Waals surface area contributed by atoms with E-state index in [-0.39, 0.29) is 0 Å². The van der Waals surface area contributed by atoms with Crippen LogP contribution in [-0.4, -0.2) is 6.61 Å². The zero-order valence-corrected chi connectivity index (χ0v) is 10.9. The van der Waals surface area contributed by atoms with Gasteiger partial charge in [-0.25, -0.2) is 0 Å². The van der Waals surface area contributed by atoms with Gasteiger partial charge in [-0.2, -0.15) is 0 Å². The standard InChI is InChI=1S/C10H10O.C7H8/c1-8-4-5-9-3-2-6-11-10(9)7-8;1-7-5-3-2-4-6-7/h2-5,7H,6H2,1H3;2-6H,1H3. The fraction of sp³-hybridized carbons (Fsp3) is 0.176. The van der Waals surface area contributed by atoms with Gasteiger partial charge in [0.2, 0.25) is 0 Å². The molecule has 18 heavy (non-hydrogen) atoms. The highest BCUT2D eigenvalue weighted by Gasteiger charge is 2.03. The van der Waals surface area contributed by atoms with E-state index in [9.17, 15) is 0 Å². The molecule has 0 fully saturated rings. The van der Waals surface area contributed by atoms with Crippen molar-refractivity contribution in [1.82, 2.24) is 0 Å². The Morgan fingerprint density at radius 3 is 2.33 bits per heavy atom. The quantitative estimate of drug-likeness (QED) is 0.661. The van der Waals surface area contributed by atoms with E-state index in [2.05, 4.69) is 50.3 Å². The molecule has 2 aromatic rings. The second-order valence-corrected chi connectivity index (χ2v) is 4.41. The maximum atomic E-state index is 5.42. The number of hydrogen-bond acceptors (Lipinski definition) is 1. The molecule has 2 aromatic carbocycles. The van der Waals surface area contributed by atoms with Crippen LogP contribution in [0.1, 0.15) is 16.7 Å². The van der Waals surface area contributed by atoms with Gasteiger partial charge in [0.05, 0.1) is 0 Å². The minimum Gasteiger partial charge on any atom is -0.489 e. The monoisotopic (exact) mass is 238 g/mol. The van der Waals surface area contributed by atoms with Crippen LogP contribution in [0.3, 0.4) is 0 Å². The SMILES string of the molecule is Cc1ccc2c(c1)OCC=C2.Cc1ccccc1. The fourth-order valence-electron chi connectivity index (χ4n) is 1.75. The van der Waals surface area contributed by atoms with E-state index in [0.29, 0.717) is 6.61 Å². The molecule has 1 heterocycles. The molecule has 1 heteroatoms. The number of aryl methyl sites for hydroxylation is 2. The van der Waals surface area contributed by atoms with Crippen LogP contribution in [0, 0.1) is 13.8 Å². The Labute approximate surface area is 109 Å². The number of fused-ring (bicyclic) bond motifs is 1. The largest absolute Gasteiger partial charge is 0.489 e. The Hall–Kier alpha value is -2.02. The Morgan fingerprint density at radius 1 is 0.889 bits per heavy atom. The molecule has 0 unspecified atom stereocenters. The maximum Gasteiger partial charge on any atom is 0.127 e. The number of rotatable bonds is 0. The summed E-state index contributed by atoms with van der Waals surface area (Å²) in [6.07, 6.45) is 4.12. The van der Waals surface area contributed by atoms with E-state index < -0.39 is 0 Å². The minimum atomic E-state index is 0.705. The average molecular weight is 238 g/mol. The summed E-state index contributed by atoms with van der Waals surface area (Å²) in [7, 11) is 0. The molecule has 3 rings (SSSR count).